The Balaban J connectivity index is 1.61. The maximum atomic E-state index is 12.7. The zero-order chi connectivity index (χ0) is 16.4. The SMILES string of the molecule is O=C(c1cnccn1)N1CCC[C@H]1c1ccc2c(c1)OCCCO2. The zero-order valence-corrected chi connectivity index (χ0v) is 13.4. The van der Waals surface area contributed by atoms with Crippen molar-refractivity contribution in [3.8, 4) is 11.5 Å². The Morgan fingerprint density at radius 3 is 2.83 bits per heavy atom. The largest absolute Gasteiger partial charge is 0.490 e. The highest BCUT2D eigenvalue weighted by Gasteiger charge is 2.32. The fourth-order valence-electron chi connectivity index (χ4n) is 3.30. The Hall–Kier alpha value is -2.63. The predicted molar refractivity (Wildman–Crippen MR) is 87.1 cm³/mol. The second-order valence-electron chi connectivity index (χ2n) is 6.00. The Morgan fingerprint density at radius 2 is 2.00 bits per heavy atom. The molecule has 0 aliphatic carbocycles. The minimum Gasteiger partial charge on any atom is -0.490 e. The summed E-state index contributed by atoms with van der Waals surface area (Å²) in [5.41, 5.74) is 1.47. The van der Waals surface area contributed by atoms with E-state index in [4.69, 9.17) is 9.47 Å². The van der Waals surface area contributed by atoms with Crippen LogP contribution in [-0.2, 0) is 0 Å². The van der Waals surface area contributed by atoms with Crippen molar-refractivity contribution in [3.05, 3.63) is 48.0 Å². The van der Waals surface area contributed by atoms with Crippen molar-refractivity contribution in [1.29, 1.82) is 0 Å². The van der Waals surface area contributed by atoms with Gasteiger partial charge in [-0.15, -0.1) is 0 Å². The molecule has 2 aliphatic heterocycles. The molecule has 0 bridgehead atoms. The van der Waals surface area contributed by atoms with Crippen LogP contribution < -0.4 is 9.47 Å². The van der Waals surface area contributed by atoms with Crippen molar-refractivity contribution >= 4 is 5.91 Å². The monoisotopic (exact) mass is 325 g/mol. The summed E-state index contributed by atoms with van der Waals surface area (Å²) >= 11 is 0. The van der Waals surface area contributed by atoms with Crippen LogP contribution in [0.2, 0.25) is 0 Å². The first kappa shape index (κ1) is 14.9. The summed E-state index contributed by atoms with van der Waals surface area (Å²) in [5, 5.41) is 0. The number of benzene rings is 1. The molecule has 0 spiro atoms. The molecule has 3 heterocycles. The fourth-order valence-corrected chi connectivity index (χ4v) is 3.30. The first-order valence-corrected chi connectivity index (χ1v) is 8.29. The van der Waals surface area contributed by atoms with Gasteiger partial charge in [-0.25, -0.2) is 4.98 Å². The highest BCUT2D eigenvalue weighted by molar-refractivity contribution is 5.92. The van der Waals surface area contributed by atoms with Gasteiger partial charge in [-0.3, -0.25) is 9.78 Å². The molecule has 2 aliphatic rings. The quantitative estimate of drug-likeness (QED) is 0.849. The van der Waals surface area contributed by atoms with Crippen LogP contribution in [0.25, 0.3) is 0 Å². The van der Waals surface area contributed by atoms with Crippen LogP contribution in [0.15, 0.2) is 36.8 Å². The number of rotatable bonds is 2. The molecular weight excluding hydrogens is 306 g/mol. The van der Waals surface area contributed by atoms with Crippen LogP contribution in [-0.4, -0.2) is 40.5 Å². The summed E-state index contributed by atoms with van der Waals surface area (Å²) in [6.07, 6.45) is 7.43. The molecule has 1 atom stereocenters. The average Bonchev–Trinajstić information content (AvgIpc) is 3.00. The molecule has 1 aromatic carbocycles. The first-order valence-electron chi connectivity index (χ1n) is 8.29. The molecule has 0 N–H and O–H groups in total. The Labute approximate surface area is 140 Å². The van der Waals surface area contributed by atoms with Gasteiger partial charge in [-0.2, -0.15) is 0 Å². The second-order valence-corrected chi connectivity index (χ2v) is 6.00. The lowest BCUT2D eigenvalue weighted by atomic mass is 10.0. The van der Waals surface area contributed by atoms with Gasteiger partial charge in [0.05, 0.1) is 25.5 Å². The molecule has 2 aromatic rings. The standard InChI is InChI=1S/C18H19N3O3/c22-18(14-12-19-6-7-20-14)21-8-1-3-15(21)13-4-5-16-17(11-13)24-10-2-9-23-16/h4-7,11-12,15H,1-3,8-10H2/t15-/m0/s1. The number of fused-ring (bicyclic) bond motifs is 1. The average molecular weight is 325 g/mol. The molecule has 24 heavy (non-hydrogen) atoms. The molecule has 1 saturated heterocycles. The lowest BCUT2D eigenvalue weighted by Crippen LogP contribution is -2.31. The topological polar surface area (TPSA) is 64.6 Å². The van der Waals surface area contributed by atoms with Crippen LogP contribution >= 0.6 is 0 Å². The number of hydrogen-bond acceptors (Lipinski definition) is 5. The van der Waals surface area contributed by atoms with Crippen LogP contribution in [0, 0.1) is 0 Å². The van der Waals surface area contributed by atoms with Gasteiger partial charge in [0.1, 0.15) is 5.69 Å². The summed E-state index contributed by atoms with van der Waals surface area (Å²) in [7, 11) is 0. The van der Waals surface area contributed by atoms with Crippen LogP contribution in [0.4, 0.5) is 0 Å². The molecule has 1 aromatic heterocycles. The predicted octanol–water partition coefficient (Wildman–Crippen LogP) is 2.62. The number of likely N-dealkylation sites (tertiary alicyclic amines) is 1. The number of ether oxygens (including phenoxy) is 2. The van der Waals surface area contributed by atoms with Gasteiger partial charge in [0.2, 0.25) is 0 Å². The van der Waals surface area contributed by atoms with E-state index in [-0.39, 0.29) is 11.9 Å². The summed E-state index contributed by atoms with van der Waals surface area (Å²) in [4.78, 5) is 22.8. The van der Waals surface area contributed by atoms with E-state index in [0.29, 0.717) is 18.9 Å². The van der Waals surface area contributed by atoms with Crippen LogP contribution in [0.3, 0.4) is 0 Å². The molecule has 0 radical (unpaired) electrons. The molecule has 0 unspecified atom stereocenters. The van der Waals surface area contributed by atoms with E-state index in [1.807, 2.05) is 23.1 Å². The van der Waals surface area contributed by atoms with Gasteiger partial charge >= 0.3 is 0 Å². The zero-order valence-electron chi connectivity index (χ0n) is 13.4. The van der Waals surface area contributed by atoms with Gasteiger partial charge < -0.3 is 14.4 Å². The van der Waals surface area contributed by atoms with E-state index < -0.39 is 0 Å². The van der Waals surface area contributed by atoms with E-state index in [9.17, 15) is 4.79 Å². The molecule has 4 rings (SSSR count). The normalized spacial score (nSPS) is 19.8. The molecule has 124 valence electrons. The Morgan fingerprint density at radius 1 is 1.12 bits per heavy atom. The highest BCUT2D eigenvalue weighted by atomic mass is 16.5. The third kappa shape index (κ3) is 2.79. The van der Waals surface area contributed by atoms with Crippen LogP contribution in [0.1, 0.15) is 41.4 Å². The smallest absolute Gasteiger partial charge is 0.274 e. The lowest BCUT2D eigenvalue weighted by Gasteiger charge is -2.25. The molecule has 6 nitrogen and oxygen atoms in total. The minimum atomic E-state index is -0.0716. The highest BCUT2D eigenvalue weighted by Crippen LogP contribution is 2.38. The van der Waals surface area contributed by atoms with Crippen molar-refractivity contribution in [2.75, 3.05) is 19.8 Å². The van der Waals surface area contributed by atoms with Crippen molar-refractivity contribution in [1.82, 2.24) is 14.9 Å². The van der Waals surface area contributed by atoms with Crippen molar-refractivity contribution in [3.63, 3.8) is 0 Å². The van der Waals surface area contributed by atoms with Gasteiger partial charge in [-0.05, 0) is 30.5 Å². The van der Waals surface area contributed by atoms with Gasteiger partial charge in [-0.1, -0.05) is 6.07 Å². The third-order valence-corrected chi connectivity index (χ3v) is 4.45. The maximum absolute atomic E-state index is 12.7. The van der Waals surface area contributed by atoms with E-state index in [0.717, 1.165) is 42.9 Å². The third-order valence-electron chi connectivity index (χ3n) is 4.45. The number of carbonyl (C=O) groups is 1. The Kier molecular flexibility index (Phi) is 4.02. The summed E-state index contributed by atoms with van der Waals surface area (Å²) in [6, 6.07) is 6.02. The number of hydrogen-bond donors (Lipinski definition) is 0. The first-order chi connectivity index (χ1) is 11.8. The second kappa shape index (κ2) is 6.47. The summed E-state index contributed by atoms with van der Waals surface area (Å²) < 4.78 is 11.5. The van der Waals surface area contributed by atoms with Crippen molar-refractivity contribution in [2.45, 2.75) is 25.3 Å². The van der Waals surface area contributed by atoms with Crippen molar-refractivity contribution < 1.29 is 14.3 Å². The molecule has 1 fully saturated rings. The van der Waals surface area contributed by atoms with Crippen LogP contribution in [0.5, 0.6) is 11.5 Å². The minimum absolute atomic E-state index is 0.0386. The molecule has 1 amide bonds. The fraction of sp³-hybridized carbons (Fsp3) is 0.389. The van der Waals surface area contributed by atoms with Gasteiger partial charge in [0.25, 0.3) is 5.91 Å². The van der Waals surface area contributed by atoms with Gasteiger partial charge in [0.15, 0.2) is 11.5 Å². The Bertz CT molecular complexity index is 736. The molecule has 0 saturated carbocycles. The van der Waals surface area contributed by atoms with E-state index in [1.54, 1.807) is 12.4 Å². The summed E-state index contributed by atoms with van der Waals surface area (Å²) in [5.74, 6) is 1.47. The van der Waals surface area contributed by atoms with E-state index in [1.165, 1.54) is 6.20 Å². The number of amides is 1. The van der Waals surface area contributed by atoms with E-state index >= 15 is 0 Å². The molecular formula is C18H19N3O3. The summed E-state index contributed by atoms with van der Waals surface area (Å²) in [6.45, 7) is 2.06. The van der Waals surface area contributed by atoms with Crippen molar-refractivity contribution in [2.24, 2.45) is 0 Å². The number of carbonyl (C=O) groups excluding carboxylic acids is 1. The van der Waals surface area contributed by atoms with Gasteiger partial charge in [0, 0.05) is 25.4 Å². The number of nitrogens with zero attached hydrogens (tertiary/aromatic N) is 3. The molecule has 6 heteroatoms. The van der Waals surface area contributed by atoms with E-state index in [2.05, 4.69) is 9.97 Å². The maximum Gasteiger partial charge on any atom is 0.274 e. The number of aromatic nitrogens is 2. The lowest BCUT2D eigenvalue weighted by molar-refractivity contribution is 0.0729.